The number of carbonyl (C=O) groups is 1. The van der Waals surface area contributed by atoms with E-state index in [1.807, 2.05) is 6.92 Å². The van der Waals surface area contributed by atoms with Crippen molar-refractivity contribution >= 4 is 16.8 Å². The van der Waals surface area contributed by atoms with Gasteiger partial charge in [-0.3, -0.25) is 4.79 Å². The van der Waals surface area contributed by atoms with E-state index in [9.17, 15) is 19.1 Å². The van der Waals surface area contributed by atoms with Crippen LogP contribution in [0.3, 0.4) is 0 Å². The molecule has 1 N–H and O–H groups in total. The summed E-state index contributed by atoms with van der Waals surface area (Å²) in [4.78, 5) is 24.0. The van der Waals surface area contributed by atoms with Crippen molar-refractivity contribution in [2.75, 3.05) is 0 Å². The molecule has 6 heteroatoms. The topological polar surface area (TPSA) is 76.7 Å². The van der Waals surface area contributed by atoms with Gasteiger partial charge in [0.25, 0.3) is 0 Å². The van der Waals surface area contributed by atoms with Crippen LogP contribution in [-0.4, -0.2) is 17.0 Å². The van der Waals surface area contributed by atoms with Gasteiger partial charge < -0.3 is 14.3 Å². The molecule has 5 nitrogen and oxygen atoms in total. The first-order valence-electron chi connectivity index (χ1n) is 7.15. The maximum absolute atomic E-state index is 14.1. The third-order valence-electron chi connectivity index (χ3n) is 3.75. The van der Waals surface area contributed by atoms with E-state index >= 15 is 0 Å². The van der Waals surface area contributed by atoms with Gasteiger partial charge in [-0.2, -0.15) is 4.39 Å². The fourth-order valence-electron chi connectivity index (χ4n) is 2.85. The minimum absolute atomic E-state index is 0.0699. The average Bonchev–Trinajstić information content (AvgIpc) is 2.42. The van der Waals surface area contributed by atoms with Gasteiger partial charge in [0, 0.05) is 18.1 Å². The van der Waals surface area contributed by atoms with Crippen LogP contribution in [0.5, 0.6) is 11.5 Å². The highest BCUT2D eigenvalue weighted by molar-refractivity contribution is 6.11. The first-order chi connectivity index (χ1) is 10.4. The highest BCUT2D eigenvalue weighted by atomic mass is 19.1. The van der Waals surface area contributed by atoms with E-state index in [-0.39, 0.29) is 58.3 Å². The van der Waals surface area contributed by atoms with Gasteiger partial charge in [0.2, 0.25) is 5.82 Å². The molecule has 2 aromatic rings. The number of Topliss-reactive ketones (excluding diaryl/α,β-unsaturated/α-hetero) is 1. The van der Waals surface area contributed by atoms with E-state index in [4.69, 9.17) is 9.15 Å². The van der Waals surface area contributed by atoms with Gasteiger partial charge in [0.15, 0.2) is 11.4 Å². The van der Waals surface area contributed by atoms with Gasteiger partial charge in [-0.15, -0.1) is 0 Å². The normalized spacial score (nSPS) is 17.4. The molecular formula is C16H15FO5. The zero-order chi connectivity index (χ0) is 16.0. The van der Waals surface area contributed by atoms with Gasteiger partial charge in [-0.1, -0.05) is 13.3 Å². The fraction of sp³-hybridized carbons (Fsp3) is 0.375. The number of hydrogen-bond acceptors (Lipinski definition) is 5. The Morgan fingerprint density at radius 2 is 2.14 bits per heavy atom. The molecule has 116 valence electrons. The summed E-state index contributed by atoms with van der Waals surface area (Å²) in [5.41, 5.74) is -1.07. The minimum Gasteiger partial charge on any atom is -0.507 e. The molecule has 0 fully saturated rings. The monoisotopic (exact) mass is 306 g/mol. The van der Waals surface area contributed by atoms with Crippen molar-refractivity contribution in [1.82, 2.24) is 0 Å². The van der Waals surface area contributed by atoms with Gasteiger partial charge >= 0.3 is 5.63 Å². The van der Waals surface area contributed by atoms with E-state index in [2.05, 4.69) is 0 Å². The number of ether oxygens (including phenoxy) is 1. The van der Waals surface area contributed by atoms with Crippen molar-refractivity contribution in [2.45, 2.75) is 39.2 Å². The standard InChI is InChI=1S/C16H15FO5/c1-3-4-8-12-10(19)6-11-13(9(18)5-7(2)21-11)15(12)22-16(20)14(8)17/h6-7,19H,3-5H2,1-2H3. The number of benzene rings is 1. The lowest BCUT2D eigenvalue weighted by Gasteiger charge is -2.23. The Balaban J connectivity index is 2.45. The first kappa shape index (κ1) is 14.6. The molecule has 0 spiro atoms. The van der Waals surface area contributed by atoms with Crippen molar-refractivity contribution in [3.8, 4) is 11.5 Å². The van der Waals surface area contributed by atoms with E-state index in [0.717, 1.165) is 0 Å². The van der Waals surface area contributed by atoms with E-state index in [1.54, 1.807) is 6.92 Å². The molecule has 0 aliphatic carbocycles. The predicted octanol–water partition coefficient (Wildman–Crippen LogP) is 2.94. The lowest BCUT2D eigenvalue weighted by Crippen LogP contribution is -2.24. The van der Waals surface area contributed by atoms with Crippen molar-refractivity contribution < 1.29 is 23.4 Å². The quantitative estimate of drug-likeness (QED) is 0.863. The number of carbonyl (C=O) groups excluding carboxylic acids is 1. The van der Waals surface area contributed by atoms with E-state index < -0.39 is 11.4 Å². The summed E-state index contributed by atoms with van der Waals surface area (Å²) in [7, 11) is 0. The van der Waals surface area contributed by atoms with Crippen LogP contribution < -0.4 is 10.4 Å². The molecular weight excluding hydrogens is 291 g/mol. The number of phenolic OH excluding ortho intramolecular Hbond substituents is 1. The number of aromatic hydroxyl groups is 1. The van der Waals surface area contributed by atoms with Crippen molar-refractivity contribution in [3.05, 3.63) is 33.4 Å². The molecule has 1 unspecified atom stereocenters. The lowest BCUT2D eigenvalue weighted by atomic mass is 9.95. The molecule has 0 amide bonds. The molecule has 22 heavy (non-hydrogen) atoms. The molecule has 1 aromatic heterocycles. The summed E-state index contributed by atoms with van der Waals surface area (Å²) >= 11 is 0. The molecule has 0 bridgehead atoms. The van der Waals surface area contributed by atoms with Crippen molar-refractivity contribution in [1.29, 1.82) is 0 Å². The zero-order valence-corrected chi connectivity index (χ0v) is 12.2. The Bertz CT molecular complexity index is 837. The lowest BCUT2D eigenvalue weighted by molar-refractivity contribution is 0.0871. The fourth-order valence-corrected chi connectivity index (χ4v) is 2.85. The summed E-state index contributed by atoms with van der Waals surface area (Å²) in [6.07, 6.45) is 0.634. The number of aryl methyl sites for hydroxylation is 1. The minimum atomic E-state index is -1.14. The van der Waals surface area contributed by atoms with Gasteiger partial charge in [0.1, 0.15) is 23.2 Å². The molecule has 0 saturated carbocycles. The molecule has 1 aliphatic rings. The highest BCUT2D eigenvalue weighted by Crippen LogP contribution is 2.40. The summed E-state index contributed by atoms with van der Waals surface area (Å²) < 4.78 is 24.6. The second-order valence-corrected chi connectivity index (χ2v) is 5.46. The van der Waals surface area contributed by atoms with E-state index in [0.29, 0.717) is 6.42 Å². The highest BCUT2D eigenvalue weighted by Gasteiger charge is 2.30. The van der Waals surface area contributed by atoms with Crippen molar-refractivity contribution in [3.63, 3.8) is 0 Å². The zero-order valence-electron chi connectivity index (χ0n) is 12.2. The Labute approximate surface area is 125 Å². The van der Waals surface area contributed by atoms with Crippen LogP contribution in [-0.2, 0) is 6.42 Å². The largest absolute Gasteiger partial charge is 0.507 e. The van der Waals surface area contributed by atoms with Gasteiger partial charge in [-0.25, -0.2) is 4.79 Å². The Kier molecular flexibility index (Phi) is 3.39. The number of hydrogen-bond donors (Lipinski definition) is 1. The second-order valence-electron chi connectivity index (χ2n) is 5.46. The van der Waals surface area contributed by atoms with Crippen LogP contribution in [0.15, 0.2) is 15.3 Å². The van der Waals surface area contributed by atoms with Crippen molar-refractivity contribution in [2.24, 2.45) is 0 Å². The summed E-state index contributed by atoms with van der Waals surface area (Å²) in [6.45, 7) is 3.55. The van der Waals surface area contributed by atoms with Gasteiger partial charge in [-0.05, 0) is 13.3 Å². The third kappa shape index (κ3) is 2.06. The van der Waals surface area contributed by atoms with Crippen LogP contribution in [0.1, 0.15) is 42.6 Å². The van der Waals surface area contributed by atoms with Crippen LogP contribution in [0.4, 0.5) is 4.39 Å². The number of phenols is 1. The third-order valence-corrected chi connectivity index (χ3v) is 3.75. The maximum Gasteiger partial charge on any atom is 0.372 e. The number of rotatable bonds is 2. The molecule has 0 radical (unpaired) electrons. The smallest absolute Gasteiger partial charge is 0.372 e. The summed E-state index contributed by atoms with van der Waals surface area (Å²) in [5.74, 6) is -1.38. The summed E-state index contributed by atoms with van der Waals surface area (Å²) in [5, 5.41) is 10.3. The molecule has 2 heterocycles. The average molecular weight is 306 g/mol. The molecule has 1 aliphatic heterocycles. The van der Waals surface area contributed by atoms with Crippen LogP contribution in [0.25, 0.3) is 11.0 Å². The molecule has 1 aromatic carbocycles. The molecule has 0 saturated heterocycles. The Morgan fingerprint density at radius 3 is 2.82 bits per heavy atom. The number of ketones is 1. The molecule has 3 rings (SSSR count). The van der Waals surface area contributed by atoms with Crippen LogP contribution >= 0.6 is 0 Å². The van der Waals surface area contributed by atoms with Crippen LogP contribution in [0.2, 0.25) is 0 Å². The predicted molar refractivity (Wildman–Crippen MR) is 77.1 cm³/mol. The first-order valence-corrected chi connectivity index (χ1v) is 7.15. The molecule has 1 atom stereocenters. The van der Waals surface area contributed by atoms with E-state index in [1.165, 1.54) is 6.07 Å². The Morgan fingerprint density at radius 1 is 1.41 bits per heavy atom. The van der Waals surface area contributed by atoms with Gasteiger partial charge in [0.05, 0.1) is 5.39 Å². The summed E-state index contributed by atoms with van der Waals surface area (Å²) in [6, 6.07) is 1.28. The van der Waals surface area contributed by atoms with Crippen LogP contribution in [0, 0.1) is 5.82 Å². The SMILES string of the molecule is CCCc1c(F)c(=O)oc2c3c(cc(O)c12)OC(C)CC3=O. The number of halogens is 1. The Hall–Kier alpha value is -2.37. The maximum atomic E-state index is 14.1. The number of fused-ring (bicyclic) bond motifs is 3. The second kappa shape index (κ2) is 5.12.